The fraction of sp³-hybridized carbons (Fsp3) is 0.533. The van der Waals surface area contributed by atoms with E-state index in [9.17, 15) is 14.7 Å². The molecule has 2 heterocycles. The van der Waals surface area contributed by atoms with Gasteiger partial charge in [-0.2, -0.15) is 4.48 Å². The molecule has 2 rings (SSSR count). The maximum atomic E-state index is 12.9. The molecule has 6 heteroatoms. The molecule has 0 aliphatic carbocycles. The highest BCUT2D eigenvalue weighted by atomic mass is 16.4. The Morgan fingerprint density at radius 1 is 1.43 bits per heavy atom. The number of carbonyl (C=O) groups is 2. The molecule has 0 aromatic carbocycles. The van der Waals surface area contributed by atoms with Crippen LogP contribution in [0.5, 0.6) is 0 Å². The van der Waals surface area contributed by atoms with Crippen molar-refractivity contribution < 1.29 is 14.7 Å². The predicted octanol–water partition coefficient (Wildman–Crippen LogP) is 0.680. The lowest BCUT2D eigenvalue weighted by Gasteiger charge is -2.40. The zero-order chi connectivity index (χ0) is 16.0. The fourth-order valence-electron chi connectivity index (χ4n) is 2.93. The summed E-state index contributed by atoms with van der Waals surface area (Å²) in [6, 6.07) is 4.25. The molecule has 0 spiro atoms. The predicted molar refractivity (Wildman–Crippen MR) is 77.3 cm³/mol. The van der Waals surface area contributed by atoms with Crippen LogP contribution >= 0.6 is 0 Å². The van der Waals surface area contributed by atoms with Crippen molar-refractivity contribution in [2.45, 2.75) is 39.3 Å². The van der Waals surface area contributed by atoms with E-state index in [0.717, 1.165) is 5.69 Å². The van der Waals surface area contributed by atoms with Crippen LogP contribution in [0.2, 0.25) is 0 Å². The largest absolute Gasteiger partial charge is 0.548 e. The molecule has 6 nitrogen and oxygen atoms in total. The molecule has 2 unspecified atom stereocenters. The van der Waals surface area contributed by atoms with E-state index in [1.807, 2.05) is 39.8 Å². The van der Waals surface area contributed by atoms with Gasteiger partial charge < -0.3 is 9.90 Å². The van der Waals surface area contributed by atoms with E-state index >= 15 is 0 Å². The summed E-state index contributed by atoms with van der Waals surface area (Å²) in [5, 5.41) is 11.3. The minimum absolute atomic E-state index is 0.121. The number of amides is 2. The van der Waals surface area contributed by atoms with Gasteiger partial charge in [-0.3, -0.25) is 4.90 Å². The van der Waals surface area contributed by atoms with Gasteiger partial charge in [0.25, 0.3) is 0 Å². The second-order valence-electron chi connectivity index (χ2n) is 6.53. The molecule has 2 atom stereocenters. The molecule has 2 amide bonds. The van der Waals surface area contributed by atoms with Crippen molar-refractivity contribution in [1.29, 1.82) is 0 Å². The van der Waals surface area contributed by atoms with Gasteiger partial charge in [0, 0.05) is 18.8 Å². The minimum atomic E-state index is -1.23. The van der Waals surface area contributed by atoms with E-state index in [1.165, 1.54) is 11.9 Å². The molecule has 1 saturated heterocycles. The van der Waals surface area contributed by atoms with Crippen molar-refractivity contribution in [3.05, 3.63) is 23.9 Å². The van der Waals surface area contributed by atoms with Gasteiger partial charge in [-0.1, -0.05) is 6.07 Å². The third-order valence-corrected chi connectivity index (χ3v) is 4.22. The number of rotatable bonds is 2. The number of hydrogen-bond acceptors (Lipinski definition) is 4. The van der Waals surface area contributed by atoms with Crippen LogP contribution in [-0.4, -0.2) is 47.1 Å². The molecule has 0 radical (unpaired) electrons. The van der Waals surface area contributed by atoms with Gasteiger partial charge in [0.1, 0.15) is 18.1 Å². The van der Waals surface area contributed by atoms with E-state index in [1.54, 1.807) is 6.07 Å². The first-order valence-corrected chi connectivity index (χ1v) is 6.92. The standard InChI is InChI=1S/C15H21N3O3/c1-10-7-6-8-12(16-10)18(15(2,3)4)9-11(13(19)20)17(5)14(18)21/h6-8,11H,9H2,1-5H3. The number of quaternary nitrogens is 1. The van der Waals surface area contributed by atoms with Crippen molar-refractivity contribution in [2.75, 3.05) is 13.6 Å². The lowest BCUT2D eigenvalue weighted by Crippen LogP contribution is -2.64. The van der Waals surface area contributed by atoms with Crippen molar-refractivity contribution in [3.8, 4) is 0 Å². The van der Waals surface area contributed by atoms with Crippen LogP contribution in [0.25, 0.3) is 0 Å². The Balaban J connectivity index is 2.66. The van der Waals surface area contributed by atoms with Crippen LogP contribution in [-0.2, 0) is 4.79 Å². The molecule has 0 saturated carbocycles. The number of likely N-dealkylation sites (N-methyl/N-ethyl adjacent to an activating group) is 1. The molecule has 1 aliphatic rings. The molecule has 1 aliphatic heterocycles. The number of carboxylic acids is 1. The summed E-state index contributed by atoms with van der Waals surface area (Å²) in [4.78, 5) is 29.9. The maximum absolute atomic E-state index is 12.9. The normalized spacial score (nSPS) is 26.2. The van der Waals surface area contributed by atoms with Gasteiger partial charge in [-0.25, -0.2) is 9.78 Å². The lowest BCUT2D eigenvalue weighted by molar-refractivity contribution is -0.309. The lowest BCUT2D eigenvalue weighted by atomic mass is 10.0. The molecule has 1 aromatic heterocycles. The summed E-state index contributed by atoms with van der Waals surface area (Å²) in [5.74, 6) is -0.661. The number of urea groups is 1. The second-order valence-corrected chi connectivity index (χ2v) is 6.53. The molecule has 1 aromatic rings. The molecule has 114 valence electrons. The highest BCUT2D eigenvalue weighted by Gasteiger charge is 2.60. The Bertz CT molecular complexity index is 594. The highest BCUT2D eigenvalue weighted by Crippen LogP contribution is 2.38. The van der Waals surface area contributed by atoms with Crippen LogP contribution in [0, 0.1) is 6.92 Å². The summed E-state index contributed by atoms with van der Waals surface area (Å²) in [5.41, 5.74) is 0.276. The van der Waals surface area contributed by atoms with E-state index in [0.29, 0.717) is 5.82 Å². The first-order valence-electron chi connectivity index (χ1n) is 6.92. The van der Waals surface area contributed by atoms with E-state index in [-0.39, 0.29) is 17.1 Å². The van der Waals surface area contributed by atoms with Gasteiger partial charge in [0.2, 0.25) is 5.82 Å². The first kappa shape index (κ1) is 15.4. The molecule has 0 bridgehead atoms. The summed E-state index contributed by atoms with van der Waals surface area (Å²) in [6.45, 7) is 7.72. The van der Waals surface area contributed by atoms with Gasteiger partial charge in [-0.15, -0.1) is 0 Å². The monoisotopic (exact) mass is 291 g/mol. The Morgan fingerprint density at radius 3 is 2.48 bits per heavy atom. The third-order valence-electron chi connectivity index (χ3n) is 4.22. The Hall–Kier alpha value is -1.95. The van der Waals surface area contributed by atoms with Crippen LogP contribution in [0.4, 0.5) is 10.6 Å². The average molecular weight is 291 g/mol. The van der Waals surface area contributed by atoms with Crippen LogP contribution in [0.15, 0.2) is 18.2 Å². The summed E-state index contributed by atoms with van der Waals surface area (Å²) in [6.07, 6.45) is 0. The number of aliphatic carboxylic acids is 1. The summed E-state index contributed by atoms with van der Waals surface area (Å²) >= 11 is 0. The van der Waals surface area contributed by atoms with Gasteiger partial charge in [-0.05, 0) is 33.8 Å². The molecule has 21 heavy (non-hydrogen) atoms. The average Bonchev–Trinajstić information content (AvgIpc) is 2.63. The molecule has 0 N–H and O–H groups in total. The highest BCUT2D eigenvalue weighted by molar-refractivity contribution is 5.94. The maximum Gasteiger partial charge on any atom is 0.426 e. The van der Waals surface area contributed by atoms with Crippen molar-refractivity contribution in [2.24, 2.45) is 0 Å². The first-order chi connectivity index (χ1) is 9.61. The SMILES string of the molecule is Cc1cccc([N+]2(C(C)(C)C)CC(C(=O)[O-])N(C)C2=O)n1. The Morgan fingerprint density at radius 2 is 2.05 bits per heavy atom. The van der Waals surface area contributed by atoms with Crippen molar-refractivity contribution in [1.82, 2.24) is 14.4 Å². The molecular formula is C15H21N3O3. The quantitative estimate of drug-likeness (QED) is 0.751. The molecular weight excluding hydrogens is 270 g/mol. The van der Waals surface area contributed by atoms with Gasteiger partial charge >= 0.3 is 6.03 Å². The van der Waals surface area contributed by atoms with E-state index in [4.69, 9.17) is 0 Å². The van der Waals surface area contributed by atoms with Crippen LogP contribution < -0.4 is 9.59 Å². The van der Waals surface area contributed by atoms with Crippen molar-refractivity contribution >= 4 is 17.8 Å². The second kappa shape index (κ2) is 4.80. The van der Waals surface area contributed by atoms with Gasteiger partial charge in [0.05, 0.1) is 5.97 Å². The minimum Gasteiger partial charge on any atom is -0.548 e. The number of hydrogen-bond donors (Lipinski definition) is 0. The summed E-state index contributed by atoms with van der Waals surface area (Å²) < 4.78 is -0.121. The third kappa shape index (κ3) is 2.19. The zero-order valence-corrected chi connectivity index (χ0v) is 13.1. The topological polar surface area (TPSA) is 73.3 Å². The van der Waals surface area contributed by atoms with E-state index < -0.39 is 17.6 Å². The van der Waals surface area contributed by atoms with Crippen molar-refractivity contribution in [3.63, 3.8) is 0 Å². The van der Waals surface area contributed by atoms with Crippen LogP contribution in [0.1, 0.15) is 26.5 Å². The zero-order valence-electron chi connectivity index (χ0n) is 13.1. The fourth-order valence-corrected chi connectivity index (χ4v) is 2.93. The number of pyridine rings is 1. The molecule has 1 fully saturated rings. The number of carboxylic acid groups (broad SMARTS) is 1. The summed E-state index contributed by atoms with van der Waals surface area (Å²) in [7, 11) is 1.50. The smallest absolute Gasteiger partial charge is 0.426 e. The Kier molecular flexibility index (Phi) is 3.53. The van der Waals surface area contributed by atoms with Gasteiger partial charge in [0.15, 0.2) is 0 Å². The number of aryl methyl sites for hydroxylation is 1. The van der Waals surface area contributed by atoms with E-state index in [2.05, 4.69) is 4.98 Å². The van der Waals surface area contributed by atoms with Crippen LogP contribution in [0.3, 0.4) is 0 Å². The number of aromatic nitrogens is 1. The number of carbonyl (C=O) groups excluding carboxylic acids is 2. The number of nitrogens with zero attached hydrogens (tertiary/aromatic N) is 3. The Labute approximate surface area is 124 Å².